The van der Waals surface area contributed by atoms with Gasteiger partial charge in [-0.1, -0.05) is 12.1 Å². The Labute approximate surface area is 201 Å². The predicted octanol–water partition coefficient (Wildman–Crippen LogP) is 4.24. The number of Topliss-reactive ketones (excluding diaryl/α,β-unsaturated/α-hetero) is 1. The summed E-state index contributed by atoms with van der Waals surface area (Å²) in [6.45, 7) is 8.69. The Morgan fingerprint density at radius 2 is 1.41 bits per heavy atom. The molecular weight excluding hydrogens is 432 g/mol. The second-order valence-electron chi connectivity index (χ2n) is 9.22. The molecule has 182 valence electrons. The molecule has 2 aromatic rings. The standard InChI is InChI=1S/C27H34N2O5/c1-17(2)33-21-11-7-19(8-12-21)24-23(26(31)27(32)29(24)16-15-28(5)6)25(30)20-9-13-22(14-10-20)34-18(3)4/h7-14,17-18,24,30H,15-16H2,1-6H3/b25-23+/t24-/m0/s1. The van der Waals surface area contributed by atoms with Crippen LogP contribution in [0.2, 0.25) is 0 Å². The van der Waals surface area contributed by atoms with E-state index in [-0.39, 0.29) is 23.5 Å². The Balaban J connectivity index is 2.05. The maximum atomic E-state index is 13.1. The van der Waals surface area contributed by atoms with Gasteiger partial charge in [-0.2, -0.15) is 0 Å². The first-order valence-corrected chi connectivity index (χ1v) is 11.5. The Bertz CT molecular complexity index is 1040. The first-order chi connectivity index (χ1) is 16.1. The highest BCUT2D eigenvalue weighted by atomic mass is 16.5. The van der Waals surface area contributed by atoms with E-state index in [1.54, 1.807) is 24.3 Å². The highest BCUT2D eigenvalue weighted by molar-refractivity contribution is 6.46. The van der Waals surface area contributed by atoms with Gasteiger partial charge in [0.05, 0.1) is 23.8 Å². The zero-order chi connectivity index (χ0) is 25.0. The topological polar surface area (TPSA) is 79.3 Å². The maximum absolute atomic E-state index is 13.1. The average Bonchev–Trinajstić information content (AvgIpc) is 3.02. The summed E-state index contributed by atoms with van der Waals surface area (Å²) in [6, 6.07) is 13.5. The number of ketones is 1. The lowest BCUT2D eigenvalue weighted by atomic mass is 9.95. The highest BCUT2D eigenvalue weighted by Crippen LogP contribution is 2.40. The number of nitrogens with zero attached hydrogens (tertiary/aromatic N) is 2. The fourth-order valence-corrected chi connectivity index (χ4v) is 3.88. The molecule has 7 nitrogen and oxygen atoms in total. The molecule has 3 rings (SSSR count). The third-order valence-corrected chi connectivity index (χ3v) is 5.40. The van der Waals surface area contributed by atoms with Crippen LogP contribution in [0.1, 0.15) is 44.9 Å². The number of benzene rings is 2. The van der Waals surface area contributed by atoms with Crippen molar-refractivity contribution in [1.82, 2.24) is 9.80 Å². The van der Waals surface area contributed by atoms with Crippen LogP contribution in [0, 0.1) is 0 Å². The molecule has 1 fully saturated rings. The third kappa shape index (κ3) is 5.78. The first-order valence-electron chi connectivity index (χ1n) is 11.5. The number of carbonyl (C=O) groups excluding carboxylic acids is 2. The first kappa shape index (κ1) is 25.3. The maximum Gasteiger partial charge on any atom is 0.295 e. The minimum absolute atomic E-state index is 0.0177. The molecule has 1 heterocycles. The molecule has 0 bridgehead atoms. The van der Waals surface area contributed by atoms with Gasteiger partial charge in [-0.15, -0.1) is 0 Å². The summed E-state index contributed by atoms with van der Waals surface area (Å²) in [5.41, 5.74) is 1.26. The van der Waals surface area contributed by atoms with Gasteiger partial charge < -0.3 is 24.4 Å². The van der Waals surface area contributed by atoms with E-state index < -0.39 is 17.7 Å². The lowest BCUT2D eigenvalue weighted by Crippen LogP contribution is -2.35. The van der Waals surface area contributed by atoms with Crippen LogP contribution >= 0.6 is 0 Å². The second kappa shape index (κ2) is 10.7. The van der Waals surface area contributed by atoms with E-state index in [4.69, 9.17) is 9.47 Å². The molecule has 0 spiro atoms. The van der Waals surface area contributed by atoms with Gasteiger partial charge in [-0.3, -0.25) is 9.59 Å². The lowest BCUT2D eigenvalue weighted by molar-refractivity contribution is -0.140. The quantitative estimate of drug-likeness (QED) is 0.338. The van der Waals surface area contributed by atoms with E-state index in [1.807, 2.05) is 71.0 Å². The summed E-state index contributed by atoms with van der Waals surface area (Å²) in [6.07, 6.45) is 0.0448. The van der Waals surface area contributed by atoms with Crippen LogP contribution in [0.25, 0.3) is 5.76 Å². The molecule has 1 aliphatic heterocycles. The summed E-state index contributed by atoms with van der Waals surface area (Å²) in [5.74, 6) is -0.142. The van der Waals surface area contributed by atoms with Crippen molar-refractivity contribution in [2.75, 3.05) is 27.2 Å². The number of likely N-dealkylation sites (tertiary alicyclic amines) is 1. The molecule has 7 heteroatoms. The summed E-state index contributed by atoms with van der Waals surface area (Å²) >= 11 is 0. The van der Waals surface area contributed by atoms with Crippen molar-refractivity contribution in [3.05, 3.63) is 65.2 Å². The number of hydrogen-bond donors (Lipinski definition) is 1. The van der Waals surface area contributed by atoms with Crippen LogP contribution in [0.15, 0.2) is 54.1 Å². The molecule has 1 N–H and O–H groups in total. The predicted molar refractivity (Wildman–Crippen MR) is 132 cm³/mol. The molecule has 0 aromatic heterocycles. The smallest absolute Gasteiger partial charge is 0.295 e. The Hall–Kier alpha value is -3.32. The van der Waals surface area contributed by atoms with Crippen LogP contribution in [0.3, 0.4) is 0 Å². The number of aliphatic hydroxyl groups excluding tert-OH is 1. The number of rotatable bonds is 9. The fraction of sp³-hybridized carbons (Fsp3) is 0.407. The number of carbonyl (C=O) groups is 2. The van der Waals surface area contributed by atoms with Gasteiger partial charge in [-0.05, 0) is 83.8 Å². The summed E-state index contributed by atoms with van der Waals surface area (Å²) in [7, 11) is 3.81. The zero-order valence-electron chi connectivity index (χ0n) is 20.7. The van der Waals surface area contributed by atoms with Crippen LogP contribution in [-0.2, 0) is 9.59 Å². The van der Waals surface area contributed by atoms with Crippen molar-refractivity contribution in [1.29, 1.82) is 0 Å². The number of amides is 1. The van der Waals surface area contributed by atoms with Crippen molar-refractivity contribution >= 4 is 17.4 Å². The highest BCUT2D eigenvalue weighted by Gasteiger charge is 2.45. The largest absolute Gasteiger partial charge is 0.507 e. The Kier molecular flexibility index (Phi) is 7.99. The number of aliphatic hydroxyl groups is 1. The van der Waals surface area contributed by atoms with E-state index in [0.717, 1.165) is 5.56 Å². The molecule has 1 aliphatic rings. The Morgan fingerprint density at radius 3 is 1.88 bits per heavy atom. The van der Waals surface area contributed by atoms with Gasteiger partial charge in [-0.25, -0.2) is 0 Å². The van der Waals surface area contributed by atoms with E-state index in [0.29, 0.717) is 30.2 Å². The van der Waals surface area contributed by atoms with Gasteiger partial charge in [0.25, 0.3) is 11.7 Å². The minimum atomic E-state index is -0.695. The molecule has 1 atom stereocenters. The molecule has 0 saturated carbocycles. The van der Waals surface area contributed by atoms with E-state index in [9.17, 15) is 14.7 Å². The number of hydrogen-bond acceptors (Lipinski definition) is 6. The van der Waals surface area contributed by atoms with Crippen molar-refractivity contribution < 1.29 is 24.2 Å². The van der Waals surface area contributed by atoms with Crippen molar-refractivity contribution in [3.8, 4) is 11.5 Å². The van der Waals surface area contributed by atoms with Crippen LogP contribution in [0.4, 0.5) is 0 Å². The van der Waals surface area contributed by atoms with Crippen molar-refractivity contribution in [2.24, 2.45) is 0 Å². The summed E-state index contributed by atoms with van der Waals surface area (Å²) in [4.78, 5) is 29.6. The fourth-order valence-electron chi connectivity index (χ4n) is 3.88. The number of ether oxygens (including phenoxy) is 2. The molecule has 34 heavy (non-hydrogen) atoms. The van der Waals surface area contributed by atoms with Gasteiger partial charge in [0, 0.05) is 18.7 Å². The molecule has 2 aromatic carbocycles. The molecule has 1 amide bonds. The van der Waals surface area contributed by atoms with Crippen molar-refractivity contribution in [2.45, 2.75) is 45.9 Å². The van der Waals surface area contributed by atoms with Crippen LogP contribution in [0.5, 0.6) is 11.5 Å². The molecule has 1 saturated heterocycles. The van der Waals surface area contributed by atoms with Gasteiger partial charge in [0.1, 0.15) is 17.3 Å². The summed E-state index contributed by atoms with van der Waals surface area (Å²) < 4.78 is 11.4. The SMILES string of the molecule is CC(C)Oc1ccc(/C(O)=C2\C(=O)C(=O)N(CCN(C)C)[C@H]2c2ccc(OC(C)C)cc2)cc1. The Morgan fingerprint density at radius 1 is 0.912 bits per heavy atom. The molecule has 0 radical (unpaired) electrons. The van der Waals surface area contributed by atoms with E-state index >= 15 is 0 Å². The molecular formula is C27H34N2O5. The summed E-state index contributed by atoms with van der Waals surface area (Å²) in [5, 5.41) is 11.2. The molecule has 0 unspecified atom stereocenters. The normalized spacial score (nSPS) is 17.8. The number of likely N-dealkylation sites (N-methyl/N-ethyl adjacent to an activating group) is 1. The van der Waals surface area contributed by atoms with Gasteiger partial charge >= 0.3 is 0 Å². The van der Waals surface area contributed by atoms with E-state index in [1.165, 1.54) is 4.90 Å². The lowest BCUT2D eigenvalue weighted by Gasteiger charge is -2.26. The van der Waals surface area contributed by atoms with Gasteiger partial charge in [0.2, 0.25) is 0 Å². The van der Waals surface area contributed by atoms with Gasteiger partial charge in [0.15, 0.2) is 0 Å². The van der Waals surface area contributed by atoms with Crippen LogP contribution in [-0.4, -0.2) is 66.0 Å². The zero-order valence-corrected chi connectivity index (χ0v) is 20.7. The third-order valence-electron chi connectivity index (χ3n) is 5.40. The average molecular weight is 467 g/mol. The monoisotopic (exact) mass is 466 g/mol. The molecule has 0 aliphatic carbocycles. The van der Waals surface area contributed by atoms with Crippen molar-refractivity contribution in [3.63, 3.8) is 0 Å². The van der Waals surface area contributed by atoms with Crippen LogP contribution < -0.4 is 9.47 Å². The van der Waals surface area contributed by atoms with E-state index in [2.05, 4.69) is 0 Å². The second-order valence-corrected chi connectivity index (χ2v) is 9.22. The minimum Gasteiger partial charge on any atom is -0.507 e.